The molecule has 0 saturated carbocycles. The van der Waals surface area contributed by atoms with Gasteiger partial charge < -0.3 is 4.74 Å². The highest BCUT2D eigenvalue weighted by molar-refractivity contribution is 7.90. The van der Waals surface area contributed by atoms with Crippen LogP contribution in [-0.4, -0.2) is 31.8 Å². The van der Waals surface area contributed by atoms with Crippen LogP contribution in [0.4, 0.5) is 0 Å². The largest absolute Gasteiger partial charge is 0.466 e. The monoisotopic (exact) mass is 429 g/mol. The van der Waals surface area contributed by atoms with Gasteiger partial charge in [0.2, 0.25) is 10.0 Å². The Morgan fingerprint density at radius 1 is 1.21 bits per heavy atom. The Balaban J connectivity index is 3.26. The molecule has 0 saturated heterocycles. The number of ether oxygens (including phenoxy) is 1. The predicted octanol–water partition coefficient (Wildman–Crippen LogP) is 4.27. The number of esters is 1. The van der Waals surface area contributed by atoms with Crippen molar-refractivity contribution >= 4 is 27.6 Å². The second-order valence-electron chi connectivity index (χ2n) is 8.05. The third kappa shape index (κ3) is 7.22. The Kier molecular flexibility index (Phi) is 9.18. The van der Waals surface area contributed by atoms with Crippen LogP contribution in [0, 0.1) is 11.8 Å². The van der Waals surface area contributed by atoms with Crippen LogP contribution >= 0.6 is 11.6 Å². The minimum atomic E-state index is -3.64. The summed E-state index contributed by atoms with van der Waals surface area (Å²) < 4.78 is 32.3. The zero-order valence-electron chi connectivity index (χ0n) is 17.5. The number of hydrogen-bond acceptors (Lipinski definition) is 4. The van der Waals surface area contributed by atoms with Crippen molar-refractivity contribution in [2.24, 2.45) is 11.8 Å². The van der Waals surface area contributed by atoms with E-state index in [0.29, 0.717) is 6.42 Å². The fourth-order valence-corrected chi connectivity index (χ4v) is 3.74. The van der Waals surface area contributed by atoms with E-state index in [-0.39, 0.29) is 23.5 Å². The molecule has 0 heterocycles. The van der Waals surface area contributed by atoms with E-state index in [1.54, 1.807) is 33.8 Å². The molecule has 2 atom stereocenters. The second kappa shape index (κ2) is 10.4. The first-order valence-electron chi connectivity index (χ1n) is 9.48. The zero-order chi connectivity index (χ0) is 21.5. The lowest BCUT2D eigenvalue weighted by molar-refractivity contribution is -0.147. The summed E-state index contributed by atoms with van der Waals surface area (Å²) in [4.78, 5) is 12.3. The number of sulfonamides is 1. The summed E-state index contributed by atoms with van der Waals surface area (Å²) in [6, 6.07) is 8.81. The Labute approximate surface area is 174 Å². The summed E-state index contributed by atoms with van der Waals surface area (Å²) in [7, 11) is -3.64. The molecule has 1 aromatic carbocycles. The molecular weight excluding hydrogens is 398 g/mol. The molecule has 0 amide bonds. The average molecular weight is 430 g/mol. The van der Waals surface area contributed by atoms with E-state index in [4.69, 9.17) is 16.3 Å². The number of halogens is 1. The molecule has 0 aliphatic carbocycles. The van der Waals surface area contributed by atoms with Crippen LogP contribution in [0.15, 0.2) is 41.4 Å². The topological polar surface area (TPSA) is 72.5 Å². The van der Waals surface area contributed by atoms with E-state index in [2.05, 4.69) is 4.72 Å². The van der Waals surface area contributed by atoms with Gasteiger partial charge in [0.05, 0.1) is 23.3 Å². The molecule has 0 unspecified atom stereocenters. The molecule has 0 radical (unpaired) electrons. The molecule has 158 valence electrons. The summed E-state index contributed by atoms with van der Waals surface area (Å²) in [5.41, 5.74) is 0.938. The summed E-state index contributed by atoms with van der Waals surface area (Å²) in [5, 5.41) is 0.281. The number of carbonyl (C=O) groups excluding carboxylic acids is 1. The third-order valence-corrected chi connectivity index (χ3v) is 6.93. The van der Waals surface area contributed by atoms with E-state index in [1.165, 1.54) is 0 Å². The van der Waals surface area contributed by atoms with Gasteiger partial charge in [0, 0.05) is 5.03 Å². The van der Waals surface area contributed by atoms with Crippen molar-refractivity contribution in [3.63, 3.8) is 0 Å². The summed E-state index contributed by atoms with van der Waals surface area (Å²) in [6.45, 7) is 10.7. The van der Waals surface area contributed by atoms with E-state index in [9.17, 15) is 13.2 Å². The van der Waals surface area contributed by atoms with Crippen LogP contribution in [0.1, 0.15) is 47.1 Å². The van der Waals surface area contributed by atoms with Crippen LogP contribution in [0.25, 0.3) is 0 Å². The number of benzene rings is 1. The molecule has 1 N–H and O–H groups in total. The number of hydrogen-bond donors (Lipinski definition) is 1. The van der Waals surface area contributed by atoms with Gasteiger partial charge in [-0.1, -0.05) is 61.9 Å². The summed E-state index contributed by atoms with van der Waals surface area (Å²) in [6.07, 6.45) is 1.99. The van der Waals surface area contributed by atoms with Crippen molar-refractivity contribution in [3.8, 4) is 0 Å². The van der Waals surface area contributed by atoms with Crippen molar-refractivity contribution in [2.75, 3.05) is 6.61 Å². The van der Waals surface area contributed by atoms with Crippen molar-refractivity contribution in [3.05, 3.63) is 47.0 Å². The van der Waals surface area contributed by atoms with Crippen LogP contribution in [0.2, 0.25) is 0 Å². The van der Waals surface area contributed by atoms with E-state index in [0.717, 1.165) is 5.56 Å². The highest BCUT2D eigenvalue weighted by Crippen LogP contribution is 2.24. The molecule has 28 heavy (non-hydrogen) atoms. The second-order valence-corrected chi connectivity index (χ2v) is 11.0. The maximum Gasteiger partial charge on any atom is 0.313 e. The Bertz CT molecular complexity index is 767. The highest BCUT2D eigenvalue weighted by Gasteiger charge is 2.33. The smallest absolute Gasteiger partial charge is 0.313 e. The lowest BCUT2D eigenvalue weighted by Gasteiger charge is -2.26. The maximum atomic E-state index is 12.7. The molecule has 0 aliphatic rings. The molecular formula is C21H32ClNO4S. The van der Waals surface area contributed by atoms with E-state index >= 15 is 0 Å². The Morgan fingerprint density at radius 3 is 2.25 bits per heavy atom. The van der Waals surface area contributed by atoms with Gasteiger partial charge in [-0.2, -0.15) is 0 Å². The van der Waals surface area contributed by atoms with Gasteiger partial charge in [0.15, 0.2) is 0 Å². The molecule has 1 aromatic rings. The van der Waals surface area contributed by atoms with Crippen LogP contribution in [0.5, 0.6) is 0 Å². The van der Waals surface area contributed by atoms with Gasteiger partial charge in [-0.15, -0.1) is 0 Å². The van der Waals surface area contributed by atoms with Gasteiger partial charge in [0.1, 0.15) is 0 Å². The molecule has 0 aromatic heterocycles. The fourth-order valence-electron chi connectivity index (χ4n) is 2.47. The van der Waals surface area contributed by atoms with Gasteiger partial charge in [0.25, 0.3) is 0 Å². The van der Waals surface area contributed by atoms with Crippen molar-refractivity contribution in [1.82, 2.24) is 4.72 Å². The quantitative estimate of drug-likeness (QED) is 0.595. The lowest BCUT2D eigenvalue weighted by Crippen LogP contribution is -2.46. The molecule has 7 heteroatoms. The van der Waals surface area contributed by atoms with Crippen molar-refractivity contribution < 1.29 is 17.9 Å². The van der Waals surface area contributed by atoms with Crippen molar-refractivity contribution in [1.29, 1.82) is 0 Å². The average Bonchev–Trinajstić information content (AvgIpc) is 2.58. The fraction of sp³-hybridized carbons (Fsp3) is 0.571. The first kappa shape index (κ1) is 24.7. The molecule has 0 bridgehead atoms. The van der Waals surface area contributed by atoms with Gasteiger partial charge in [-0.3, -0.25) is 4.79 Å². The van der Waals surface area contributed by atoms with E-state index in [1.807, 2.05) is 44.2 Å². The highest BCUT2D eigenvalue weighted by atomic mass is 35.5. The number of carbonyl (C=O) groups is 1. The molecule has 1 rings (SSSR count). The Hall–Kier alpha value is -1.37. The molecule has 0 fully saturated rings. The maximum absolute atomic E-state index is 12.7. The predicted molar refractivity (Wildman–Crippen MR) is 115 cm³/mol. The molecule has 0 aliphatic heterocycles. The van der Waals surface area contributed by atoms with Crippen molar-refractivity contribution in [2.45, 2.75) is 58.8 Å². The number of nitrogens with one attached hydrogen (secondary N) is 1. The van der Waals surface area contributed by atoms with Crippen LogP contribution < -0.4 is 4.72 Å². The van der Waals surface area contributed by atoms with Crippen LogP contribution in [0.3, 0.4) is 0 Å². The first-order chi connectivity index (χ1) is 12.9. The zero-order valence-corrected chi connectivity index (χ0v) is 19.1. The first-order valence-corrected chi connectivity index (χ1v) is 11.3. The lowest BCUT2D eigenvalue weighted by atomic mass is 9.94. The summed E-state index contributed by atoms with van der Waals surface area (Å²) >= 11 is 6.56. The standard InChI is InChI=1S/C21H32ClNO4S/c1-7-27-20(24)17(15(2)3)14-18(22)19(13-16-11-9-8-10-12-16)23-28(25,26)21(4,5)6/h8-12,14-15,17,19,23H,7,13H2,1-6H3/b18-14-/t17-,19+/m0/s1. The SMILES string of the molecule is CCOC(=O)[C@@H](/C=C(\Cl)[C@@H](Cc1ccccc1)NS(=O)(=O)C(C)(C)C)C(C)C. The molecule has 5 nitrogen and oxygen atoms in total. The minimum Gasteiger partial charge on any atom is -0.466 e. The third-order valence-electron chi connectivity index (χ3n) is 4.33. The van der Waals surface area contributed by atoms with Gasteiger partial charge >= 0.3 is 5.97 Å². The summed E-state index contributed by atoms with van der Waals surface area (Å²) in [5.74, 6) is -0.956. The minimum absolute atomic E-state index is 0.0376. The van der Waals surface area contributed by atoms with Gasteiger partial charge in [-0.05, 0) is 45.6 Å². The number of rotatable bonds is 9. The normalized spacial score (nSPS) is 15.4. The van der Waals surface area contributed by atoms with Gasteiger partial charge in [-0.25, -0.2) is 13.1 Å². The van der Waals surface area contributed by atoms with E-state index < -0.39 is 26.7 Å². The Morgan fingerprint density at radius 2 is 1.79 bits per heavy atom. The van der Waals surface area contributed by atoms with Crippen LogP contribution in [-0.2, 0) is 26.0 Å². The molecule has 0 spiro atoms.